The number of fused-ring (bicyclic) bond motifs is 3. The summed E-state index contributed by atoms with van der Waals surface area (Å²) in [5.41, 5.74) is 3.32. The van der Waals surface area contributed by atoms with Crippen LogP contribution in [0.2, 0.25) is 0 Å². The second-order valence-corrected chi connectivity index (χ2v) is 6.73. The molecule has 0 saturated heterocycles. The predicted molar refractivity (Wildman–Crippen MR) is 103 cm³/mol. The molecule has 27 heavy (non-hydrogen) atoms. The Kier molecular flexibility index (Phi) is 4.92. The highest BCUT2D eigenvalue weighted by Gasteiger charge is 2.19. The number of aryl methyl sites for hydroxylation is 1. The zero-order chi connectivity index (χ0) is 18.6. The molecule has 3 aromatic rings. The van der Waals surface area contributed by atoms with E-state index in [4.69, 9.17) is 9.15 Å². The first kappa shape index (κ1) is 17.3. The molecule has 138 valence electrons. The van der Waals surface area contributed by atoms with Crippen LogP contribution in [0.15, 0.2) is 57.7 Å². The van der Waals surface area contributed by atoms with Crippen molar-refractivity contribution in [3.8, 4) is 5.75 Å². The monoisotopic (exact) mass is 363 g/mol. The van der Waals surface area contributed by atoms with Crippen molar-refractivity contribution in [1.82, 2.24) is 5.32 Å². The third-order valence-electron chi connectivity index (χ3n) is 4.89. The largest absolute Gasteiger partial charge is 0.484 e. The van der Waals surface area contributed by atoms with Crippen molar-refractivity contribution in [2.75, 3.05) is 13.2 Å². The van der Waals surface area contributed by atoms with Gasteiger partial charge in [-0.2, -0.15) is 0 Å². The van der Waals surface area contributed by atoms with Crippen LogP contribution in [-0.4, -0.2) is 19.1 Å². The number of amides is 1. The summed E-state index contributed by atoms with van der Waals surface area (Å²) < 4.78 is 11.0. The summed E-state index contributed by atoms with van der Waals surface area (Å²) in [6.45, 7) is 0.487. The van der Waals surface area contributed by atoms with Crippen molar-refractivity contribution < 1.29 is 13.9 Å². The average molecular weight is 363 g/mol. The maximum atomic E-state index is 12.1. The van der Waals surface area contributed by atoms with E-state index in [9.17, 15) is 9.59 Å². The van der Waals surface area contributed by atoms with Gasteiger partial charge >= 0.3 is 5.63 Å². The molecule has 2 aromatic carbocycles. The lowest BCUT2D eigenvalue weighted by molar-refractivity contribution is -0.123. The summed E-state index contributed by atoms with van der Waals surface area (Å²) in [5, 5.41) is 3.80. The molecule has 0 bridgehead atoms. The van der Waals surface area contributed by atoms with Gasteiger partial charge in [0, 0.05) is 23.6 Å². The van der Waals surface area contributed by atoms with E-state index in [0.29, 0.717) is 17.9 Å². The van der Waals surface area contributed by atoms with E-state index in [1.54, 1.807) is 6.07 Å². The molecule has 1 aliphatic carbocycles. The van der Waals surface area contributed by atoms with Crippen LogP contribution in [0.4, 0.5) is 0 Å². The first-order chi connectivity index (χ1) is 13.2. The third-order valence-corrected chi connectivity index (χ3v) is 4.89. The minimum atomic E-state index is -0.259. The van der Waals surface area contributed by atoms with Crippen molar-refractivity contribution in [3.05, 3.63) is 75.6 Å². The summed E-state index contributed by atoms with van der Waals surface area (Å²) >= 11 is 0. The zero-order valence-corrected chi connectivity index (χ0v) is 15.0. The van der Waals surface area contributed by atoms with Crippen LogP contribution in [0, 0.1) is 0 Å². The summed E-state index contributed by atoms with van der Waals surface area (Å²) in [4.78, 5) is 24.0. The Morgan fingerprint density at radius 3 is 2.74 bits per heavy atom. The van der Waals surface area contributed by atoms with Crippen LogP contribution in [-0.2, 0) is 24.1 Å². The van der Waals surface area contributed by atoms with E-state index in [0.717, 1.165) is 42.2 Å². The maximum absolute atomic E-state index is 12.1. The van der Waals surface area contributed by atoms with E-state index in [2.05, 4.69) is 5.32 Å². The number of ether oxygens (including phenoxy) is 1. The Hall–Kier alpha value is -3.08. The lowest BCUT2D eigenvalue weighted by Crippen LogP contribution is -2.30. The van der Waals surface area contributed by atoms with Crippen molar-refractivity contribution >= 4 is 16.9 Å². The van der Waals surface area contributed by atoms with Gasteiger partial charge in [0.05, 0.1) is 0 Å². The molecule has 1 aromatic heterocycles. The second kappa shape index (κ2) is 7.66. The van der Waals surface area contributed by atoms with Crippen molar-refractivity contribution in [2.24, 2.45) is 0 Å². The Morgan fingerprint density at radius 2 is 1.89 bits per heavy atom. The molecule has 0 atom stereocenters. The molecule has 0 saturated carbocycles. The minimum absolute atomic E-state index is 0.0739. The van der Waals surface area contributed by atoms with Gasteiger partial charge in [0.25, 0.3) is 5.91 Å². The molecule has 5 heteroatoms. The van der Waals surface area contributed by atoms with Gasteiger partial charge in [0.2, 0.25) is 0 Å². The van der Waals surface area contributed by atoms with E-state index < -0.39 is 0 Å². The van der Waals surface area contributed by atoms with Crippen LogP contribution >= 0.6 is 0 Å². The minimum Gasteiger partial charge on any atom is -0.484 e. The number of hydrogen-bond acceptors (Lipinski definition) is 4. The molecular weight excluding hydrogens is 342 g/mol. The lowest BCUT2D eigenvalue weighted by atomic mass is 10.1. The van der Waals surface area contributed by atoms with E-state index in [1.165, 1.54) is 5.56 Å². The number of hydrogen-bond donors (Lipinski definition) is 1. The number of carbonyl (C=O) groups excluding carboxylic acids is 1. The van der Waals surface area contributed by atoms with E-state index >= 15 is 0 Å². The van der Waals surface area contributed by atoms with Crippen molar-refractivity contribution in [3.63, 3.8) is 0 Å². The topological polar surface area (TPSA) is 68.5 Å². The molecule has 0 radical (unpaired) electrons. The van der Waals surface area contributed by atoms with Crippen molar-refractivity contribution in [2.45, 2.75) is 25.7 Å². The second-order valence-electron chi connectivity index (χ2n) is 6.73. The Labute approximate surface area is 157 Å². The van der Waals surface area contributed by atoms with Gasteiger partial charge < -0.3 is 14.5 Å². The quantitative estimate of drug-likeness (QED) is 0.684. The molecular formula is C22H21NO4. The van der Waals surface area contributed by atoms with Crippen LogP contribution in [0.3, 0.4) is 0 Å². The molecule has 0 aliphatic heterocycles. The highest BCUT2D eigenvalue weighted by atomic mass is 16.5. The fourth-order valence-electron chi connectivity index (χ4n) is 3.54. The standard InChI is InChI=1S/C22H21NO4/c24-21(23-12-11-15-5-2-1-3-6-15)14-26-16-9-10-18-17-7-4-8-19(17)22(25)27-20(18)13-16/h1-3,5-6,9-10,13H,4,7-8,11-12,14H2,(H,23,24). The van der Waals surface area contributed by atoms with Gasteiger partial charge in [-0.05, 0) is 48.9 Å². The van der Waals surface area contributed by atoms with Crippen LogP contribution in [0.25, 0.3) is 11.0 Å². The number of carbonyl (C=O) groups is 1. The summed E-state index contributed by atoms with van der Waals surface area (Å²) in [5.74, 6) is 0.336. The van der Waals surface area contributed by atoms with E-state index in [1.807, 2.05) is 42.5 Å². The Balaban J connectivity index is 1.35. The fourth-order valence-corrected chi connectivity index (χ4v) is 3.54. The molecule has 0 spiro atoms. The van der Waals surface area contributed by atoms with Crippen LogP contribution < -0.4 is 15.7 Å². The smallest absolute Gasteiger partial charge is 0.339 e. The lowest BCUT2D eigenvalue weighted by Gasteiger charge is -2.09. The highest BCUT2D eigenvalue weighted by molar-refractivity contribution is 5.83. The summed E-state index contributed by atoms with van der Waals surface area (Å²) in [7, 11) is 0. The first-order valence-electron chi connectivity index (χ1n) is 9.23. The molecule has 1 aliphatic rings. The summed E-state index contributed by atoms with van der Waals surface area (Å²) in [6.07, 6.45) is 3.45. The number of nitrogens with one attached hydrogen (secondary N) is 1. The van der Waals surface area contributed by atoms with Gasteiger partial charge in [0.15, 0.2) is 6.61 Å². The first-order valence-corrected chi connectivity index (χ1v) is 9.23. The highest BCUT2D eigenvalue weighted by Crippen LogP contribution is 2.29. The van der Waals surface area contributed by atoms with Gasteiger partial charge in [0.1, 0.15) is 11.3 Å². The molecule has 1 amide bonds. The Bertz CT molecular complexity index is 1020. The molecule has 0 unspecified atom stereocenters. The fraction of sp³-hybridized carbons (Fsp3) is 0.273. The van der Waals surface area contributed by atoms with Gasteiger partial charge in [-0.1, -0.05) is 30.3 Å². The molecule has 1 heterocycles. The number of rotatable bonds is 6. The molecule has 1 N–H and O–H groups in total. The van der Waals surface area contributed by atoms with Gasteiger partial charge in [-0.15, -0.1) is 0 Å². The SMILES string of the molecule is O=C(COc1ccc2c3c(c(=O)oc2c1)CCC3)NCCc1ccccc1. The maximum Gasteiger partial charge on any atom is 0.339 e. The zero-order valence-electron chi connectivity index (χ0n) is 15.0. The van der Waals surface area contributed by atoms with E-state index in [-0.39, 0.29) is 18.1 Å². The van der Waals surface area contributed by atoms with Crippen LogP contribution in [0.5, 0.6) is 5.75 Å². The third kappa shape index (κ3) is 3.87. The molecule has 0 fully saturated rings. The van der Waals surface area contributed by atoms with Gasteiger partial charge in [-0.3, -0.25) is 4.79 Å². The molecule has 5 nitrogen and oxygen atoms in total. The predicted octanol–water partition coefficient (Wildman–Crippen LogP) is 3.02. The van der Waals surface area contributed by atoms with Crippen molar-refractivity contribution in [1.29, 1.82) is 0 Å². The molecule has 4 rings (SSSR count). The Morgan fingerprint density at radius 1 is 1.07 bits per heavy atom. The summed E-state index contributed by atoms with van der Waals surface area (Å²) in [6, 6.07) is 15.4. The normalized spacial score (nSPS) is 12.7. The van der Waals surface area contributed by atoms with Gasteiger partial charge in [-0.25, -0.2) is 4.79 Å². The number of benzene rings is 2. The van der Waals surface area contributed by atoms with Crippen LogP contribution in [0.1, 0.15) is 23.1 Å². The average Bonchev–Trinajstić information content (AvgIpc) is 3.18.